The first kappa shape index (κ1) is 13.7. The molecule has 2 saturated carbocycles. The molecular formula is C15H25F2NO. The molecule has 1 N–H and O–H groups in total. The molecule has 1 saturated heterocycles. The van der Waals surface area contributed by atoms with Gasteiger partial charge in [0.05, 0.1) is 12.0 Å². The standard InChI is InChI=1S/C15H25F2NO/c16-15(17)10-14(15,12-19)11-18-8-6-13(7-9-18)4-2-1-3-5-13/h19H,1-12H2/t14-/m1/s1. The lowest BCUT2D eigenvalue weighted by molar-refractivity contribution is -0.000596. The van der Waals surface area contributed by atoms with E-state index in [0.717, 1.165) is 13.1 Å². The highest BCUT2D eigenvalue weighted by molar-refractivity contribution is 5.11. The maximum atomic E-state index is 13.4. The van der Waals surface area contributed by atoms with Gasteiger partial charge in [-0.3, -0.25) is 0 Å². The minimum atomic E-state index is -2.64. The molecular weight excluding hydrogens is 248 g/mol. The van der Waals surface area contributed by atoms with E-state index in [9.17, 15) is 13.9 Å². The van der Waals surface area contributed by atoms with Crippen LogP contribution in [0.1, 0.15) is 51.4 Å². The largest absolute Gasteiger partial charge is 0.396 e. The van der Waals surface area contributed by atoms with Gasteiger partial charge in [0.25, 0.3) is 5.92 Å². The molecule has 1 heterocycles. The molecule has 2 aliphatic carbocycles. The molecule has 0 aromatic carbocycles. The van der Waals surface area contributed by atoms with Crippen LogP contribution in [0, 0.1) is 10.8 Å². The number of alkyl halides is 2. The van der Waals surface area contributed by atoms with Gasteiger partial charge in [-0.2, -0.15) is 0 Å². The van der Waals surface area contributed by atoms with Crippen LogP contribution in [0.4, 0.5) is 8.78 Å². The van der Waals surface area contributed by atoms with Crippen molar-refractivity contribution in [1.29, 1.82) is 0 Å². The summed E-state index contributed by atoms with van der Waals surface area (Å²) in [7, 11) is 0. The van der Waals surface area contributed by atoms with Crippen LogP contribution in [0.5, 0.6) is 0 Å². The van der Waals surface area contributed by atoms with Crippen LogP contribution in [-0.2, 0) is 0 Å². The third-order valence-corrected chi connectivity index (χ3v) is 5.87. The zero-order chi connectivity index (χ0) is 13.6. The summed E-state index contributed by atoms with van der Waals surface area (Å²) in [6.07, 6.45) is 8.94. The first-order valence-corrected chi connectivity index (χ1v) is 7.72. The first-order valence-electron chi connectivity index (χ1n) is 7.72. The molecule has 0 aromatic heterocycles. The SMILES string of the molecule is OC[C@]1(CN2CCC3(CCCCC3)CC2)CC1(F)F. The number of halogens is 2. The van der Waals surface area contributed by atoms with Crippen molar-refractivity contribution in [3.8, 4) is 0 Å². The van der Waals surface area contributed by atoms with Crippen molar-refractivity contribution in [3.05, 3.63) is 0 Å². The van der Waals surface area contributed by atoms with E-state index in [2.05, 4.69) is 4.90 Å². The molecule has 0 radical (unpaired) electrons. The molecule has 4 heteroatoms. The molecule has 1 atom stereocenters. The second-order valence-corrected chi connectivity index (χ2v) is 7.16. The van der Waals surface area contributed by atoms with Crippen LogP contribution in [-0.4, -0.2) is 42.2 Å². The number of likely N-dealkylation sites (tertiary alicyclic amines) is 1. The minimum absolute atomic E-state index is 0.127. The Balaban J connectivity index is 1.53. The highest BCUT2D eigenvalue weighted by atomic mass is 19.3. The van der Waals surface area contributed by atoms with E-state index in [1.54, 1.807) is 0 Å². The van der Waals surface area contributed by atoms with Gasteiger partial charge < -0.3 is 10.0 Å². The average molecular weight is 273 g/mol. The van der Waals surface area contributed by atoms with Gasteiger partial charge in [0.15, 0.2) is 0 Å². The number of piperidine rings is 1. The Morgan fingerprint density at radius 1 is 0.947 bits per heavy atom. The van der Waals surface area contributed by atoms with Crippen LogP contribution >= 0.6 is 0 Å². The van der Waals surface area contributed by atoms with Crippen LogP contribution in [0.3, 0.4) is 0 Å². The summed E-state index contributed by atoms with van der Waals surface area (Å²) < 4.78 is 26.7. The number of rotatable bonds is 3. The normalized spacial score (nSPS) is 37.4. The van der Waals surface area contributed by atoms with Crippen molar-refractivity contribution in [2.45, 2.75) is 57.3 Å². The lowest BCUT2D eigenvalue weighted by atomic mass is 9.68. The minimum Gasteiger partial charge on any atom is -0.396 e. The van der Waals surface area contributed by atoms with Crippen molar-refractivity contribution >= 4 is 0 Å². The molecule has 3 fully saturated rings. The molecule has 1 aliphatic heterocycles. The number of hydrogen-bond donors (Lipinski definition) is 1. The molecule has 0 aromatic rings. The predicted octanol–water partition coefficient (Wildman–Crippen LogP) is 3.05. The summed E-state index contributed by atoms with van der Waals surface area (Å²) in [6.45, 7) is 1.89. The summed E-state index contributed by atoms with van der Waals surface area (Å²) >= 11 is 0. The van der Waals surface area contributed by atoms with Crippen molar-refractivity contribution in [2.24, 2.45) is 10.8 Å². The number of nitrogens with zero attached hydrogens (tertiary/aromatic N) is 1. The van der Waals surface area contributed by atoms with Gasteiger partial charge in [-0.15, -0.1) is 0 Å². The molecule has 0 amide bonds. The van der Waals surface area contributed by atoms with Gasteiger partial charge in [-0.1, -0.05) is 19.3 Å². The molecule has 3 rings (SSSR count). The Labute approximate surface area is 114 Å². The van der Waals surface area contributed by atoms with Gasteiger partial charge in [-0.25, -0.2) is 8.78 Å². The quantitative estimate of drug-likeness (QED) is 0.854. The Bertz CT molecular complexity index is 331. The van der Waals surface area contributed by atoms with E-state index in [1.165, 1.54) is 44.9 Å². The maximum absolute atomic E-state index is 13.4. The molecule has 0 unspecified atom stereocenters. The lowest BCUT2D eigenvalue weighted by Crippen LogP contribution is -2.44. The zero-order valence-electron chi connectivity index (χ0n) is 11.6. The lowest BCUT2D eigenvalue weighted by Gasteiger charge is -2.45. The van der Waals surface area contributed by atoms with Crippen molar-refractivity contribution in [3.63, 3.8) is 0 Å². The van der Waals surface area contributed by atoms with Crippen LogP contribution < -0.4 is 0 Å². The topological polar surface area (TPSA) is 23.5 Å². The summed E-state index contributed by atoms with van der Waals surface area (Å²) in [6, 6.07) is 0. The number of hydrogen-bond acceptors (Lipinski definition) is 2. The van der Waals surface area contributed by atoms with E-state index in [1.807, 2.05) is 0 Å². The second kappa shape index (κ2) is 4.66. The van der Waals surface area contributed by atoms with Crippen LogP contribution in [0.15, 0.2) is 0 Å². The van der Waals surface area contributed by atoms with Gasteiger partial charge in [0.2, 0.25) is 0 Å². The van der Waals surface area contributed by atoms with Gasteiger partial charge in [0, 0.05) is 13.0 Å². The molecule has 3 aliphatic rings. The van der Waals surface area contributed by atoms with E-state index in [4.69, 9.17) is 0 Å². The second-order valence-electron chi connectivity index (χ2n) is 7.16. The maximum Gasteiger partial charge on any atom is 0.258 e. The monoisotopic (exact) mass is 273 g/mol. The number of aliphatic hydroxyl groups is 1. The third-order valence-electron chi connectivity index (χ3n) is 5.87. The Kier molecular flexibility index (Phi) is 3.37. The van der Waals surface area contributed by atoms with Crippen molar-refractivity contribution in [2.75, 3.05) is 26.2 Å². The summed E-state index contributed by atoms with van der Waals surface area (Å²) in [5, 5.41) is 9.26. The summed E-state index contributed by atoms with van der Waals surface area (Å²) in [5.74, 6) is -2.64. The Morgan fingerprint density at radius 3 is 2.00 bits per heavy atom. The van der Waals surface area contributed by atoms with Gasteiger partial charge in [-0.05, 0) is 44.2 Å². The van der Waals surface area contributed by atoms with Crippen molar-refractivity contribution < 1.29 is 13.9 Å². The van der Waals surface area contributed by atoms with Crippen molar-refractivity contribution in [1.82, 2.24) is 4.90 Å². The third kappa shape index (κ3) is 2.42. The molecule has 1 spiro atoms. The fraction of sp³-hybridized carbons (Fsp3) is 1.00. The average Bonchev–Trinajstić information content (AvgIpc) is 2.96. The van der Waals surface area contributed by atoms with Crippen LogP contribution in [0.2, 0.25) is 0 Å². The van der Waals surface area contributed by atoms with E-state index in [0.29, 0.717) is 12.0 Å². The Morgan fingerprint density at radius 2 is 1.53 bits per heavy atom. The van der Waals surface area contributed by atoms with E-state index >= 15 is 0 Å². The highest BCUT2D eigenvalue weighted by Gasteiger charge is 2.71. The zero-order valence-corrected chi connectivity index (χ0v) is 11.6. The molecule has 110 valence electrons. The molecule has 2 nitrogen and oxygen atoms in total. The first-order chi connectivity index (χ1) is 9.01. The smallest absolute Gasteiger partial charge is 0.258 e. The number of aliphatic hydroxyl groups excluding tert-OH is 1. The summed E-state index contributed by atoms with van der Waals surface area (Å²) in [4.78, 5) is 2.16. The summed E-state index contributed by atoms with van der Waals surface area (Å²) in [5.41, 5.74) is -0.600. The van der Waals surface area contributed by atoms with Gasteiger partial charge in [0.1, 0.15) is 0 Å². The molecule has 0 bridgehead atoms. The predicted molar refractivity (Wildman–Crippen MR) is 70.3 cm³/mol. The highest BCUT2D eigenvalue weighted by Crippen LogP contribution is 2.60. The van der Waals surface area contributed by atoms with E-state index in [-0.39, 0.29) is 13.0 Å². The van der Waals surface area contributed by atoms with Gasteiger partial charge >= 0.3 is 0 Å². The molecule has 19 heavy (non-hydrogen) atoms. The fourth-order valence-corrected chi connectivity index (χ4v) is 4.19. The fourth-order valence-electron chi connectivity index (χ4n) is 4.19. The Hall–Kier alpha value is -0.220. The van der Waals surface area contributed by atoms with Crippen LogP contribution in [0.25, 0.3) is 0 Å². The van der Waals surface area contributed by atoms with E-state index < -0.39 is 11.3 Å².